The molecule has 0 spiro atoms. The molecule has 116 valence electrons. The molecule has 0 aliphatic rings. The molecule has 0 fully saturated rings. The molecule has 0 saturated carbocycles. The van der Waals surface area contributed by atoms with Gasteiger partial charge >= 0.3 is 6.03 Å². The van der Waals surface area contributed by atoms with Crippen LogP contribution in [0.15, 0.2) is 54.6 Å². The molecule has 1 unspecified atom stereocenters. The number of rotatable bonds is 4. The van der Waals surface area contributed by atoms with E-state index in [2.05, 4.69) is 10.6 Å². The highest BCUT2D eigenvalue weighted by molar-refractivity contribution is 6.30. The van der Waals surface area contributed by atoms with Crippen molar-refractivity contribution < 1.29 is 4.79 Å². The van der Waals surface area contributed by atoms with Crippen molar-refractivity contribution in [1.82, 2.24) is 10.6 Å². The first-order chi connectivity index (χ1) is 10.4. The highest BCUT2D eigenvalue weighted by Crippen LogP contribution is 2.22. The first-order valence-electron chi connectivity index (χ1n) is 7.28. The fraction of sp³-hybridized carbons (Fsp3) is 0.278. The van der Waals surface area contributed by atoms with Crippen LogP contribution < -0.4 is 10.6 Å². The Morgan fingerprint density at radius 1 is 1.05 bits per heavy atom. The van der Waals surface area contributed by atoms with Gasteiger partial charge in [-0.05, 0) is 44.0 Å². The van der Waals surface area contributed by atoms with Crippen LogP contribution in [0.3, 0.4) is 0 Å². The molecule has 22 heavy (non-hydrogen) atoms. The fourth-order valence-corrected chi connectivity index (χ4v) is 2.41. The van der Waals surface area contributed by atoms with Crippen molar-refractivity contribution in [3.05, 3.63) is 70.7 Å². The fourth-order valence-electron chi connectivity index (χ4n) is 2.28. The zero-order valence-electron chi connectivity index (χ0n) is 13.1. The summed E-state index contributed by atoms with van der Waals surface area (Å²) in [5.41, 5.74) is 1.59. The van der Waals surface area contributed by atoms with Crippen LogP contribution >= 0.6 is 11.6 Å². The average molecular weight is 317 g/mol. The first kappa shape index (κ1) is 16.4. The highest BCUT2D eigenvalue weighted by Gasteiger charge is 2.23. The Hall–Kier alpha value is -2.00. The molecule has 0 aromatic heterocycles. The van der Waals surface area contributed by atoms with Gasteiger partial charge in [0.15, 0.2) is 0 Å². The van der Waals surface area contributed by atoms with Crippen molar-refractivity contribution >= 4 is 17.6 Å². The molecule has 0 bridgehead atoms. The van der Waals surface area contributed by atoms with Crippen LogP contribution in [-0.4, -0.2) is 6.03 Å². The number of carbonyl (C=O) groups excluding carboxylic acids is 1. The van der Waals surface area contributed by atoms with Crippen LogP contribution in [0.25, 0.3) is 0 Å². The monoisotopic (exact) mass is 316 g/mol. The molecule has 2 aromatic rings. The van der Waals surface area contributed by atoms with Gasteiger partial charge in [-0.25, -0.2) is 4.79 Å². The number of amides is 2. The van der Waals surface area contributed by atoms with E-state index in [9.17, 15) is 4.79 Å². The molecule has 0 aliphatic heterocycles. The topological polar surface area (TPSA) is 41.1 Å². The summed E-state index contributed by atoms with van der Waals surface area (Å²) in [7, 11) is 0. The standard InChI is InChI=1S/C18H21ClN2O/c1-13(14-7-5-4-6-8-14)20-17(22)21-18(2,3)15-9-11-16(19)12-10-15/h4-13H,1-3H3,(H2,20,21,22). The SMILES string of the molecule is CC(NC(=O)NC(C)(C)c1ccc(Cl)cc1)c1ccccc1. The first-order valence-corrected chi connectivity index (χ1v) is 7.66. The molecule has 0 saturated heterocycles. The lowest BCUT2D eigenvalue weighted by Crippen LogP contribution is -2.47. The minimum Gasteiger partial charge on any atom is -0.332 e. The third kappa shape index (κ3) is 4.25. The Morgan fingerprint density at radius 3 is 2.23 bits per heavy atom. The van der Waals surface area contributed by atoms with Gasteiger partial charge in [0.2, 0.25) is 0 Å². The lowest BCUT2D eigenvalue weighted by Gasteiger charge is -2.28. The molecular weight excluding hydrogens is 296 g/mol. The largest absolute Gasteiger partial charge is 0.332 e. The van der Waals surface area contributed by atoms with Crippen LogP contribution in [0.1, 0.15) is 37.9 Å². The summed E-state index contributed by atoms with van der Waals surface area (Å²) < 4.78 is 0. The zero-order chi connectivity index (χ0) is 16.2. The number of urea groups is 1. The minimum atomic E-state index is -0.481. The Kier molecular flexibility index (Phi) is 5.09. The van der Waals surface area contributed by atoms with Crippen LogP contribution in [-0.2, 0) is 5.54 Å². The summed E-state index contributed by atoms with van der Waals surface area (Å²) in [5, 5.41) is 6.64. The zero-order valence-corrected chi connectivity index (χ0v) is 13.8. The minimum absolute atomic E-state index is 0.0535. The van der Waals surface area contributed by atoms with Crippen LogP contribution in [0.4, 0.5) is 4.79 Å². The van der Waals surface area contributed by atoms with E-state index < -0.39 is 5.54 Å². The summed E-state index contributed by atoms with van der Waals surface area (Å²) in [6.07, 6.45) is 0. The van der Waals surface area contributed by atoms with Crippen molar-refractivity contribution in [2.24, 2.45) is 0 Å². The molecule has 1 atom stereocenters. The van der Waals surface area contributed by atoms with E-state index in [-0.39, 0.29) is 12.1 Å². The van der Waals surface area contributed by atoms with Gasteiger partial charge in [0.05, 0.1) is 11.6 Å². The number of carbonyl (C=O) groups is 1. The molecule has 0 heterocycles. The average Bonchev–Trinajstić information content (AvgIpc) is 2.48. The van der Waals surface area contributed by atoms with E-state index in [0.29, 0.717) is 5.02 Å². The van der Waals surface area contributed by atoms with Gasteiger partial charge in [-0.2, -0.15) is 0 Å². The quantitative estimate of drug-likeness (QED) is 0.848. The van der Waals surface area contributed by atoms with Crippen LogP contribution in [0.5, 0.6) is 0 Å². The van der Waals surface area contributed by atoms with Crippen molar-refractivity contribution in [3.63, 3.8) is 0 Å². The second-order valence-electron chi connectivity index (χ2n) is 5.86. The maximum atomic E-state index is 12.2. The summed E-state index contributed by atoms with van der Waals surface area (Å²) in [4.78, 5) is 12.2. The van der Waals surface area contributed by atoms with Gasteiger partial charge < -0.3 is 10.6 Å². The Labute approximate surface area is 136 Å². The number of nitrogens with one attached hydrogen (secondary N) is 2. The number of benzene rings is 2. The number of hydrogen-bond acceptors (Lipinski definition) is 1. The van der Waals surface area contributed by atoms with Crippen molar-refractivity contribution in [3.8, 4) is 0 Å². The highest BCUT2D eigenvalue weighted by atomic mass is 35.5. The van der Waals surface area contributed by atoms with E-state index in [0.717, 1.165) is 11.1 Å². The summed E-state index contributed by atoms with van der Waals surface area (Å²) in [5.74, 6) is 0. The maximum Gasteiger partial charge on any atom is 0.315 e. The second-order valence-corrected chi connectivity index (χ2v) is 6.30. The molecule has 2 rings (SSSR count). The summed E-state index contributed by atoms with van der Waals surface area (Å²) >= 11 is 5.90. The molecular formula is C18H21ClN2O. The van der Waals surface area contributed by atoms with Crippen LogP contribution in [0.2, 0.25) is 5.02 Å². The van der Waals surface area contributed by atoms with Gasteiger partial charge in [0.1, 0.15) is 0 Å². The predicted octanol–water partition coefficient (Wildman–Crippen LogP) is 4.64. The molecule has 0 aliphatic carbocycles. The summed E-state index contributed by atoms with van der Waals surface area (Å²) in [6, 6.07) is 17.1. The molecule has 3 nitrogen and oxygen atoms in total. The number of hydrogen-bond donors (Lipinski definition) is 2. The second kappa shape index (κ2) is 6.84. The van der Waals surface area contributed by atoms with E-state index in [4.69, 9.17) is 11.6 Å². The van der Waals surface area contributed by atoms with Crippen molar-refractivity contribution in [2.75, 3.05) is 0 Å². The molecule has 2 amide bonds. The van der Waals surface area contributed by atoms with E-state index >= 15 is 0 Å². The van der Waals surface area contributed by atoms with E-state index in [1.807, 2.05) is 75.4 Å². The normalized spacial score (nSPS) is 12.5. The lowest BCUT2D eigenvalue weighted by atomic mass is 9.94. The lowest BCUT2D eigenvalue weighted by molar-refractivity contribution is 0.227. The Balaban J connectivity index is 2.00. The number of halogens is 1. The van der Waals surface area contributed by atoms with Crippen molar-refractivity contribution in [2.45, 2.75) is 32.4 Å². The van der Waals surface area contributed by atoms with Crippen LogP contribution in [0, 0.1) is 0 Å². The Bertz CT molecular complexity index is 623. The predicted molar refractivity (Wildman–Crippen MR) is 91.0 cm³/mol. The Morgan fingerprint density at radius 2 is 1.64 bits per heavy atom. The van der Waals surface area contributed by atoms with E-state index in [1.54, 1.807) is 0 Å². The molecule has 4 heteroatoms. The van der Waals surface area contributed by atoms with Gasteiger partial charge in [-0.15, -0.1) is 0 Å². The summed E-state index contributed by atoms with van der Waals surface area (Å²) in [6.45, 7) is 5.89. The van der Waals surface area contributed by atoms with Gasteiger partial charge in [0, 0.05) is 5.02 Å². The molecule has 0 radical (unpaired) electrons. The third-order valence-electron chi connectivity index (χ3n) is 3.64. The van der Waals surface area contributed by atoms with Gasteiger partial charge in [-0.1, -0.05) is 54.1 Å². The molecule has 2 aromatic carbocycles. The smallest absolute Gasteiger partial charge is 0.315 e. The van der Waals surface area contributed by atoms with E-state index in [1.165, 1.54) is 0 Å². The van der Waals surface area contributed by atoms with Gasteiger partial charge in [0.25, 0.3) is 0 Å². The third-order valence-corrected chi connectivity index (χ3v) is 3.89. The maximum absolute atomic E-state index is 12.2. The van der Waals surface area contributed by atoms with Gasteiger partial charge in [-0.3, -0.25) is 0 Å². The molecule has 2 N–H and O–H groups in total. The van der Waals surface area contributed by atoms with Crippen molar-refractivity contribution in [1.29, 1.82) is 0 Å².